The molecule has 1 aromatic rings. The van der Waals surface area contributed by atoms with Gasteiger partial charge in [0.2, 0.25) is 0 Å². The molecule has 0 heterocycles. The van der Waals surface area contributed by atoms with Crippen molar-refractivity contribution in [3.8, 4) is 0 Å². The lowest BCUT2D eigenvalue weighted by Gasteiger charge is -2.06. The van der Waals surface area contributed by atoms with E-state index in [2.05, 4.69) is 12.2 Å². The fourth-order valence-electron chi connectivity index (χ4n) is 2.22. The number of nitrogens with zero attached hydrogens (tertiary/aromatic N) is 1. The van der Waals surface area contributed by atoms with Crippen LogP contribution in [0.4, 0.5) is 11.4 Å². The predicted molar refractivity (Wildman–Crippen MR) is 84.2 cm³/mol. The van der Waals surface area contributed by atoms with Crippen molar-refractivity contribution in [3.63, 3.8) is 0 Å². The van der Waals surface area contributed by atoms with Crippen LogP contribution in [0.1, 0.15) is 58.3 Å². The van der Waals surface area contributed by atoms with E-state index in [0.29, 0.717) is 0 Å². The van der Waals surface area contributed by atoms with Gasteiger partial charge >= 0.3 is 0 Å². The summed E-state index contributed by atoms with van der Waals surface area (Å²) < 4.78 is 0. The van der Waals surface area contributed by atoms with Crippen molar-refractivity contribution < 1.29 is 4.92 Å². The summed E-state index contributed by atoms with van der Waals surface area (Å²) in [5, 5.41) is 13.9. The van der Waals surface area contributed by atoms with E-state index in [-0.39, 0.29) is 10.6 Å². The molecule has 4 nitrogen and oxygen atoms in total. The number of anilines is 1. The molecule has 0 saturated heterocycles. The molecule has 0 spiro atoms. The highest BCUT2D eigenvalue weighted by molar-refractivity contribution is 5.50. The maximum absolute atomic E-state index is 10.7. The number of rotatable bonds is 11. The third-order valence-corrected chi connectivity index (χ3v) is 3.42. The smallest absolute Gasteiger partial charge is 0.271 e. The fraction of sp³-hybridized carbons (Fsp3) is 0.625. The molecule has 0 aliphatic heterocycles. The Bertz CT molecular complexity index is 394. The number of hydrogen-bond acceptors (Lipinski definition) is 3. The highest BCUT2D eigenvalue weighted by Gasteiger charge is 2.04. The highest BCUT2D eigenvalue weighted by Crippen LogP contribution is 2.17. The Kier molecular flexibility index (Phi) is 8.43. The highest BCUT2D eigenvalue weighted by atomic mass is 16.6. The topological polar surface area (TPSA) is 55.2 Å². The van der Waals surface area contributed by atoms with E-state index in [9.17, 15) is 10.1 Å². The van der Waals surface area contributed by atoms with Crippen molar-refractivity contribution in [2.24, 2.45) is 0 Å². The van der Waals surface area contributed by atoms with E-state index >= 15 is 0 Å². The zero-order chi connectivity index (χ0) is 14.6. The molecule has 1 N–H and O–H groups in total. The van der Waals surface area contributed by atoms with Crippen LogP contribution in [0.25, 0.3) is 0 Å². The first-order valence-corrected chi connectivity index (χ1v) is 7.72. The quantitative estimate of drug-likeness (QED) is 0.346. The van der Waals surface area contributed by atoms with E-state index in [1.54, 1.807) is 12.1 Å². The number of nitro benzene ring substituents is 1. The second-order valence-electron chi connectivity index (χ2n) is 5.21. The average molecular weight is 278 g/mol. The fourth-order valence-corrected chi connectivity index (χ4v) is 2.22. The SMILES string of the molecule is CCCCCCCCCCNc1cccc([N+](=O)[O-])c1. The van der Waals surface area contributed by atoms with Crippen LogP contribution < -0.4 is 5.32 Å². The van der Waals surface area contributed by atoms with Gasteiger partial charge in [-0.1, -0.05) is 57.9 Å². The molecule has 1 aromatic carbocycles. The second kappa shape index (κ2) is 10.2. The standard InChI is InChI=1S/C16H26N2O2/c1-2-3-4-5-6-7-8-9-13-17-15-11-10-12-16(14-15)18(19)20/h10-12,14,17H,2-9,13H2,1H3. The van der Waals surface area contributed by atoms with Crippen LogP contribution in [0.5, 0.6) is 0 Å². The van der Waals surface area contributed by atoms with Crippen LogP contribution in [0.2, 0.25) is 0 Å². The zero-order valence-corrected chi connectivity index (χ0v) is 12.4. The van der Waals surface area contributed by atoms with Crippen molar-refractivity contribution in [3.05, 3.63) is 34.4 Å². The Morgan fingerprint density at radius 1 is 1.05 bits per heavy atom. The Hall–Kier alpha value is -1.58. The zero-order valence-electron chi connectivity index (χ0n) is 12.4. The Labute approximate surface area is 121 Å². The molecule has 112 valence electrons. The van der Waals surface area contributed by atoms with Crippen LogP contribution in [0.15, 0.2) is 24.3 Å². The number of non-ortho nitro benzene ring substituents is 1. The molecule has 0 unspecified atom stereocenters. The van der Waals surface area contributed by atoms with Crippen LogP contribution in [-0.4, -0.2) is 11.5 Å². The van der Waals surface area contributed by atoms with E-state index in [4.69, 9.17) is 0 Å². The lowest BCUT2D eigenvalue weighted by Crippen LogP contribution is -2.01. The van der Waals surface area contributed by atoms with Crippen molar-refractivity contribution in [2.45, 2.75) is 58.3 Å². The van der Waals surface area contributed by atoms with Gasteiger partial charge in [-0.15, -0.1) is 0 Å². The van der Waals surface area contributed by atoms with Gasteiger partial charge in [0.15, 0.2) is 0 Å². The monoisotopic (exact) mass is 278 g/mol. The van der Waals surface area contributed by atoms with Gasteiger partial charge in [-0.2, -0.15) is 0 Å². The second-order valence-corrected chi connectivity index (χ2v) is 5.21. The summed E-state index contributed by atoms with van der Waals surface area (Å²) in [6.45, 7) is 3.12. The summed E-state index contributed by atoms with van der Waals surface area (Å²) in [4.78, 5) is 10.3. The summed E-state index contributed by atoms with van der Waals surface area (Å²) in [5.41, 5.74) is 0.980. The molecule has 0 atom stereocenters. The Balaban J connectivity index is 2.06. The maximum Gasteiger partial charge on any atom is 0.271 e. The molecule has 0 fully saturated rings. The first-order valence-electron chi connectivity index (χ1n) is 7.72. The lowest BCUT2D eigenvalue weighted by atomic mass is 10.1. The normalized spacial score (nSPS) is 10.4. The minimum atomic E-state index is -0.360. The molecule has 4 heteroatoms. The molecule has 0 saturated carbocycles. The largest absolute Gasteiger partial charge is 0.385 e. The van der Waals surface area contributed by atoms with Gasteiger partial charge in [0.05, 0.1) is 4.92 Å². The minimum absolute atomic E-state index is 0.144. The van der Waals surface area contributed by atoms with E-state index in [1.807, 2.05) is 6.07 Å². The van der Waals surface area contributed by atoms with Crippen LogP contribution >= 0.6 is 0 Å². The minimum Gasteiger partial charge on any atom is -0.385 e. The van der Waals surface area contributed by atoms with Crippen LogP contribution in [0.3, 0.4) is 0 Å². The van der Waals surface area contributed by atoms with Crippen molar-refractivity contribution in [1.82, 2.24) is 0 Å². The number of nitro groups is 1. The van der Waals surface area contributed by atoms with Crippen LogP contribution in [-0.2, 0) is 0 Å². The number of hydrogen-bond donors (Lipinski definition) is 1. The molecule has 0 aromatic heterocycles. The van der Waals surface area contributed by atoms with Gasteiger partial charge in [-0.3, -0.25) is 10.1 Å². The third kappa shape index (κ3) is 7.12. The van der Waals surface area contributed by atoms with Crippen molar-refractivity contribution in [2.75, 3.05) is 11.9 Å². The maximum atomic E-state index is 10.7. The average Bonchev–Trinajstić information content (AvgIpc) is 2.46. The third-order valence-electron chi connectivity index (χ3n) is 3.42. The molecule has 0 bridgehead atoms. The van der Waals surface area contributed by atoms with Gasteiger partial charge in [-0.05, 0) is 12.5 Å². The molecule has 1 rings (SSSR count). The van der Waals surface area contributed by atoms with E-state index in [0.717, 1.165) is 18.7 Å². The number of nitrogens with one attached hydrogen (secondary N) is 1. The first kappa shape index (κ1) is 16.5. The molecule has 0 radical (unpaired) electrons. The van der Waals surface area contributed by atoms with E-state index < -0.39 is 0 Å². The summed E-state index contributed by atoms with van der Waals surface area (Å²) in [7, 11) is 0. The molecule has 0 aliphatic rings. The van der Waals surface area contributed by atoms with Gasteiger partial charge in [0.25, 0.3) is 5.69 Å². The van der Waals surface area contributed by atoms with Gasteiger partial charge in [-0.25, -0.2) is 0 Å². The van der Waals surface area contributed by atoms with Gasteiger partial charge in [0, 0.05) is 24.4 Å². The van der Waals surface area contributed by atoms with Crippen molar-refractivity contribution in [1.29, 1.82) is 0 Å². The number of benzene rings is 1. The predicted octanol–water partition coefficient (Wildman–Crippen LogP) is 5.15. The summed E-state index contributed by atoms with van der Waals surface area (Å²) in [6.07, 6.45) is 10.3. The molecular formula is C16H26N2O2. The summed E-state index contributed by atoms with van der Waals surface area (Å²) in [5.74, 6) is 0. The van der Waals surface area contributed by atoms with E-state index in [1.165, 1.54) is 51.0 Å². The van der Waals surface area contributed by atoms with Gasteiger partial charge in [0.1, 0.15) is 0 Å². The molecule has 20 heavy (non-hydrogen) atoms. The number of unbranched alkanes of at least 4 members (excludes halogenated alkanes) is 7. The lowest BCUT2D eigenvalue weighted by molar-refractivity contribution is -0.384. The van der Waals surface area contributed by atoms with Gasteiger partial charge < -0.3 is 5.32 Å². The first-order chi connectivity index (χ1) is 9.74. The summed E-state index contributed by atoms with van der Waals surface area (Å²) >= 11 is 0. The Morgan fingerprint density at radius 3 is 2.35 bits per heavy atom. The molecular weight excluding hydrogens is 252 g/mol. The van der Waals surface area contributed by atoms with Crippen LogP contribution in [0, 0.1) is 10.1 Å². The Morgan fingerprint density at radius 2 is 1.70 bits per heavy atom. The molecule has 0 amide bonds. The van der Waals surface area contributed by atoms with Crippen molar-refractivity contribution >= 4 is 11.4 Å². The summed E-state index contributed by atoms with van der Waals surface area (Å²) in [6, 6.07) is 6.69. The molecule has 0 aliphatic carbocycles.